The molecule has 12 heteroatoms. The number of unbranched alkanes of at least 4 members (excludes halogenated alkanes) is 1. The molecule has 2 rings (SSSR count). The SMILES string of the molecule is CNCCCCC(CC(=O)OC)NC(=O)c1ccc(NN=Cc2ccccc2S(=O)(=O)O)nc1. The summed E-state index contributed by atoms with van der Waals surface area (Å²) in [5.41, 5.74) is 3.13. The fourth-order valence-electron chi connectivity index (χ4n) is 3.06. The number of hydrogen-bond donors (Lipinski definition) is 4. The summed E-state index contributed by atoms with van der Waals surface area (Å²) in [6.45, 7) is 0.848. The second kappa shape index (κ2) is 13.4. The number of methoxy groups -OCH3 is 1. The van der Waals surface area contributed by atoms with E-state index in [1.54, 1.807) is 12.1 Å². The Balaban J connectivity index is 1.99. The normalized spacial score (nSPS) is 12.3. The van der Waals surface area contributed by atoms with Crippen LogP contribution in [0.15, 0.2) is 52.6 Å². The molecule has 2 aromatic rings. The summed E-state index contributed by atoms with van der Waals surface area (Å²) in [6.07, 6.45) is 5.06. The Morgan fingerprint density at radius 1 is 1.21 bits per heavy atom. The van der Waals surface area contributed by atoms with Crippen LogP contribution in [0.1, 0.15) is 41.6 Å². The highest BCUT2D eigenvalue weighted by atomic mass is 32.2. The fraction of sp³-hybridized carbons (Fsp3) is 0.364. The number of carbonyl (C=O) groups excluding carboxylic acids is 2. The zero-order valence-electron chi connectivity index (χ0n) is 19.0. The van der Waals surface area contributed by atoms with Gasteiger partial charge in [-0.15, -0.1) is 0 Å². The molecule has 0 radical (unpaired) electrons. The van der Waals surface area contributed by atoms with Gasteiger partial charge in [-0.2, -0.15) is 13.5 Å². The number of ether oxygens (including phenoxy) is 1. The van der Waals surface area contributed by atoms with Crippen LogP contribution >= 0.6 is 0 Å². The lowest BCUT2D eigenvalue weighted by atomic mass is 10.1. The van der Waals surface area contributed by atoms with Gasteiger partial charge in [0.1, 0.15) is 10.7 Å². The Morgan fingerprint density at radius 3 is 2.62 bits per heavy atom. The van der Waals surface area contributed by atoms with Gasteiger partial charge in [0, 0.05) is 17.8 Å². The minimum atomic E-state index is -4.38. The molecule has 1 aromatic carbocycles. The average Bonchev–Trinajstić information content (AvgIpc) is 2.81. The number of rotatable bonds is 13. The van der Waals surface area contributed by atoms with Crippen molar-refractivity contribution in [3.05, 3.63) is 53.7 Å². The number of amides is 1. The highest BCUT2D eigenvalue weighted by Gasteiger charge is 2.18. The largest absolute Gasteiger partial charge is 0.469 e. The van der Waals surface area contributed by atoms with Crippen molar-refractivity contribution in [2.24, 2.45) is 5.10 Å². The number of nitrogens with one attached hydrogen (secondary N) is 3. The summed E-state index contributed by atoms with van der Waals surface area (Å²) in [5, 5.41) is 9.84. The zero-order chi connectivity index (χ0) is 25.0. The number of carbonyl (C=O) groups is 2. The van der Waals surface area contributed by atoms with Crippen molar-refractivity contribution >= 4 is 34.0 Å². The molecule has 1 aromatic heterocycles. The van der Waals surface area contributed by atoms with E-state index in [4.69, 9.17) is 4.74 Å². The Hall–Kier alpha value is -3.35. The molecule has 0 saturated carbocycles. The van der Waals surface area contributed by atoms with E-state index < -0.39 is 16.1 Å². The standard InChI is InChI=1S/C22H29N5O6S/c1-23-12-6-5-8-18(13-21(28)33-2)26-22(29)17-10-11-20(24-14-17)27-25-15-16-7-3-4-9-19(16)34(30,31)32/h3-4,7,9-11,14-15,18,23H,5-6,8,12-13H2,1-2H3,(H,24,27)(H,26,29)(H,30,31,32). The van der Waals surface area contributed by atoms with Gasteiger partial charge < -0.3 is 15.4 Å². The molecule has 0 aliphatic rings. The Labute approximate surface area is 198 Å². The molecule has 4 N–H and O–H groups in total. The van der Waals surface area contributed by atoms with E-state index in [1.807, 2.05) is 7.05 Å². The maximum absolute atomic E-state index is 12.6. The molecule has 0 bridgehead atoms. The second-order valence-electron chi connectivity index (χ2n) is 7.36. The first-order valence-corrected chi connectivity index (χ1v) is 12.0. The quantitative estimate of drug-likeness (QED) is 0.108. The van der Waals surface area contributed by atoms with Crippen LogP contribution in [0.2, 0.25) is 0 Å². The lowest BCUT2D eigenvalue weighted by Crippen LogP contribution is -2.37. The summed E-state index contributed by atoms with van der Waals surface area (Å²) < 4.78 is 36.8. The third-order valence-electron chi connectivity index (χ3n) is 4.81. The van der Waals surface area contributed by atoms with Gasteiger partial charge in [-0.3, -0.25) is 19.6 Å². The van der Waals surface area contributed by atoms with Gasteiger partial charge in [-0.1, -0.05) is 24.6 Å². The summed E-state index contributed by atoms with van der Waals surface area (Å²) in [5.74, 6) is -0.451. The first-order valence-electron chi connectivity index (χ1n) is 10.6. The first-order chi connectivity index (χ1) is 16.2. The van der Waals surface area contributed by atoms with E-state index in [1.165, 1.54) is 43.8 Å². The van der Waals surface area contributed by atoms with Crippen molar-refractivity contribution in [2.45, 2.75) is 36.6 Å². The number of hydrazone groups is 1. The second-order valence-corrected chi connectivity index (χ2v) is 8.75. The Morgan fingerprint density at radius 2 is 1.97 bits per heavy atom. The third kappa shape index (κ3) is 8.89. The fourth-order valence-corrected chi connectivity index (χ4v) is 3.72. The van der Waals surface area contributed by atoms with E-state index in [0.29, 0.717) is 17.8 Å². The molecule has 11 nitrogen and oxygen atoms in total. The molecule has 1 heterocycles. The van der Waals surface area contributed by atoms with Crippen LogP contribution in [0.4, 0.5) is 5.82 Å². The summed E-state index contributed by atoms with van der Waals surface area (Å²) >= 11 is 0. The van der Waals surface area contributed by atoms with Crippen molar-refractivity contribution in [1.29, 1.82) is 0 Å². The van der Waals surface area contributed by atoms with Gasteiger partial charge in [0.2, 0.25) is 0 Å². The lowest BCUT2D eigenvalue weighted by molar-refractivity contribution is -0.141. The molecule has 1 amide bonds. The van der Waals surface area contributed by atoms with Gasteiger partial charge in [0.25, 0.3) is 16.0 Å². The van der Waals surface area contributed by atoms with Gasteiger partial charge in [0.05, 0.1) is 25.3 Å². The maximum Gasteiger partial charge on any atom is 0.307 e. The lowest BCUT2D eigenvalue weighted by Gasteiger charge is -2.17. The van der Waals surface area contributed by atoms with Crippen LogP contribution in [0.3, 0.4) is 0 Å². The maximum atomic E-state index is 12.6. The van der Waals surface area contributed by atoms with E-state index >= 15 is 0 Å². The van der Waals surface area contributed by atoms with Crippen molar-refractivity contribution in [1.82, 2.24) is 15.6 Å². The van der Waals surface area contributed by atoms with Crippen LogP contribution in [-0.4, -0.2) is 62.8 Å². The van der Waals surface area contributed by atoms with Gasteiger partial charge in [0.15, 0.2) is 0 Å². The molecule has 0 fully saturated rings. The molecule has 1 unspecified atom stereocenters. The average molecular weight is 492 g/mol. The molecule has 0 aliphatic heterocycles. The number of esters is 1. The number of pyridine rings is 1. The van der Waals surface area contributed by atoms with E-state index in [2.05, 4.69) is 26.1 Å². The van der Waals surface area contributed by atoms with Gasteiger partial charge >= 0.3 is 5.97 Å². The van der Waals surface area contributed by atoms with Crippen LogP contribution in [-0.2, 0) is 19.6 Å². The zero-order valence-corrected chi connectivity index (χ0v) is 19.8. The molecule has 1 atom stereocenters. The molecule has 184 valence electrons. The highest BCUT2D eigenvalue weighted by Crippen LogP contribution is 2.13. The molecular formula is C22H29N5O6S. The van der Waals surface area contributed by atoms with E-state index in [9.17, 15) is 22.6 Å². The smallest absolute Gasteiger partial charge is 0.307 e. The number of benzene rings is 1. The van der Waals surface area contributed by atoms with Crippen LogP contribution in [0.25, 0.3) is 0 Å². The molecule has 34 heavy (non-hydrogen) atoms. The number of nitrogens with zero attached hydrogens (tertiary/aromatic N) is 2. The summed E-state index contributed by atoms with van der Waals surface area (Å²) in [4.78, 5) is 28.1. The van der Waals surface area contributed by atoms with Crippen molar-refractivity contribution < 1.29 is 27.3 Å². The summed E-state index contributed by atoms with van der Waals surface area (Å²) in [6, 6.07) is 8.55. The van der Waals surface area contributed by atoms with E-state index in [0.717, 1.165) is 19.4 Å². The molecular weight excluding hydrogens is 462 g/mol. The minimum absolute atomic E-state index is 0.0780. The van der Waals surface area contributed by atoms with Crippen LogP contribution in [0, 0.1) is 0 Å². The number of hydrogen-bond acceptors (Lipinski definition) is 9. The van der Waals surface area contributed by atoms with Crippen molar-refractivity contribution in [3.63, 3.8) is 0 Å². The van der Waals surface area contributed by atoms with Crippen molar-refractivity contribution in [3.8, 4) is 0 Å². The topological polar surface area (TPSA) is 159 Å². The number of anilines is 1. The van der Waals surface area contributed by atoms with Crippen LogP contribution < -0.4 is 16.1 Å². The molecule has 0 saturated heterocycles. The van der Waals surface area contributed by atoms with Crippen molar-refractivity contribution in [2.75, 3.05) is 26.1 Å². The monoisotopic (exact) mass is 491 g/mol. The van der Waals surface area contributed by atoms with E-state index in [-0.39, 0.29) is 28.8 Å². The Kier molecular flexibility index (Phi) is 10.6. The Bertz CT molecular complexity index is 1090. The summed E-state index contributed by atoms with van der Waals surface area (Å²) in [7, 11) is -1.21. The minimum Gasteiger partial charge on any atom is -0.469 e. The highest BCUT2D eigenvalue weighted by molar-refractivity contribution is 7.86. The van der Waals surface area contributed by atoms with Crippen LogP contribution in [0.5, 0.6) is 0 Å². The molecule has 0 aliphatic carbocycles. The predicted molar refractivity (Wildman–Crippen MR) is 127 cm³/mol. The predicted octanol–water partition coefficient (Wildman–Crippen LogP) is 1.83. The molecule has 0 spiro atoms. The first kappa shape index (κ1) is 26.9. The van der Waals surface area contributed by atoms with Gasteiger partial charge in [-0.05, 0) is 44.6 Å². The number of aromatic nitrogens is 1. The van der Waals surface area contributed by atoms with Gasteiger partial charge in [-0.25, -0.2) is 4.98 Å². The third-order valence-corrected chi connectivity index (χ3v) is 5.74.